The fourth-order valence-corrected chi connectivity index (χ4v) is 4.84. The topological polar surface area (TPSA) is 105 Å². The number of nitrogens with one attached hydrogen (secondary N) is 1. The van der Waals surface area contributed by atoms with Gasteiger partial charge in [-0.05, 0) is 45.0 Å². The lowest BCUT2D eigenvalue weighted by Crippen LogP contribution is -2.13. The number of rotatable bonds is 5. The second-order valence-electron chi connectivity index (χ2n) is 7.18. The van der Waals surface area contributed by atoms with Crippen LogP contribution in [-0.2, 0) is 0 Å². The molecule has 0 aliphatic rings. The van der Waals surface area contributed by atoms with E-state index in [4.69, 9.17) is 16.0 Å². The fourth-order valence-electron chi connectivity index (χ4n) is 3.52. The molecule has 4 rings (SSSR count). The first-order chi connectivity index (χ1) is 15.2. The van der Waals surface area contributed by atoms with Crippen LogP contribution >= 0.6 is 22.9 Å². The third-order valence-electron chi connectivity index (χ3n) is 5.01. The average molecular weight is 474 g/mol. The maximum Gasteiger partial charge on any atom is 0.356 e. The zero-order valence-electron chi connectivity index (χ0n) is 17.2. The highest BCUT2D eigenvalue weighted by atomic mass is 35.5. The van der Waals surface area contributed by atoms with E-state index in [-0.39, 0.29) is 27.7 Å². The van der Waals surface area contributed by atoms with Gasteiger partial charge in [-0.25, -0.2) is 19.2 Å². The summed E-state index contributed by atoms with van der Waals surface area (Å²) in [5, 5.41) is 12.7. The van der Waals surface area contributed by atoms with Crippen LogP contribution < -0.4 is 10.7 Å². The van der Waals surface area contributed by atoms with Gasteiger partial charge in [-0.1, -0.05) is 11.6 Å². The first kappa shape index (κ1) is 21.9. The Balaban J connectivity index is 1.85. The zero-order chi connectivity index (χ0) is 23.2. The summed E-state index contributed by atoms with van der Waals surface area (Å²) in [7, 11) is 0. The summed E-state index contributed by atoms with van der Waals surface area (Å²) in [4.78, 5) is 33.4. The molecule has 32 heavy (non-hydrogen) atoms. The highest BCUT2D eigenvalue weighted by Crippen LogP contribution is 2.37. The molecule has 0 aliphatic heterocycles. The molecule has 0 spiro atoms. The van der Waals surface area contributed by atoms with Gasteiger partial charge in [0.1, 0.15) is 21.4 Å². The monoisotopic (exact) mass is 473 g/mol. The molecule has 0 aromatic carbocycles. The molecule has 10 heteroatoms. The summed E-state index contributed by atoms with van der Waals surface area (Å²) in [6, 6.07) is 5.30. The Labute approximate surface area is 190 Å². The molecule has 0 radical (unpaired) electrons. The number of aromatic carboxylic acids is 1. The normalized spacial score (nSPS) is 12.2. The van der Waals surface area contributed by atoms with Gasteiger partial charge in [-0.3, -0.25) is 4.79 Å². The molecule has 7 nitrogen and oxygen atoms in total. The molecule has 0 saturated carbocycles. The van der Waals surface area contributed by atoms with Crippen molar-refractivity contribution in [1.29, 1.82) is 0 Å². The number of carboxylic acid groups (broad SMARTS) is 1. The molecule has 0 fully saturated rings. The lowest BCUT2D eigenvalue weighted by Gasteiger charge is -2.17. The van der Waals surface area contributed by atoms with Crippen molar-refractivity contribution < 1.29 is 18.7 Å². The number of carbonyl (C=O) groups is 1. The number of fused-ring (bicyclic) bond motifs is 1. The number of nitrogens with zero attached hydrogens (tertiary/aromatic N) is 2. The summed E-state index contributed by atoms with van der Waals surface area (Å²) in [6.45, 7) is 5.32. The van der Waals surface area contributed by atoms with Crippen molar-refractivity contribution in [3.8, 4) is 11.5 Å². The van der Waals surface area contributed by atoms with Gasteiger partial charge in [0.2, 0.25) is 5.43 Å². The SMILES string of the molecule is Cc1sc2c(=O)c(C)c(-c3ccc(F)cn3)oc2c1C(C)Nc1ccc(Cl)nc1C(=O)O. The van der Waals surface area contributed by atoms with Crippen LogP contribution in [0.4, 0.5) is 10.1 Å². The summed E-state index contributed by atoms with van der Waals surface area (Å²) in [5.41, 5.74) is 1.67. The fraction of sp³-hybridized carbons (Fsp3) is 0.182. The van der Waals surface area contributed by atoms with Gasteiger partial charge in [-0.2, -0.15) is 0 Å². The van der Waals surface area contributed by atoms with Crippen LogP contribution in [-0.4, -0.2) is 21.0 Å². The molecule has 0 amide bonds. The number of hydrogen-bond donors (Lipinski definition) is 2. The molecular weight excluding hydrogens is 457 g/mol. The lowest BCUT2D eigenvalue weighted by atomic mass is 10.1. The van der Waals surface area contributed by atoms with Gasteiger partial charge in [0.15, 0.2) is 17.0 Å². The van der Waals surface area contributed by atoms with Gasteiger partial charge in [-0.15, -0.1) is 11.3 Å². The number of halogens is 2. The predicted molar refractivity (Wildman–Crippen MR) is 121 cm³/mol. The minimum absolute atomic E-state index is 0.0654. The van der Waals surface area contributed by atoms with E-state index >= 15 is 0 Å². The molecular formula is C22H17ClFN3O4S. The highest BCUT2D eigenvalue weighted by molar-refractivity contribution is 7.19. The van der Waals surface area contributed by atoms with Crippen molar-refractivity contribution in [2.75, 3.05) is 5.32 Å². The van der Waals surface area contributed by atoms with E-state index in [2.05, 4.69) is 15.3 Å². The van der Waals surface area contributed by atoms with Crippen molar-refractivity contribution in [1.82, 2.24) is 9.97 Å². The Morgan fingerprint density at radius 1 is 1.28 bits per heavy atom. The highest BCUT2D eigenvalue weighted by Gasteiger charge is 2.24. The Bertz CT molecular complexity index is 1420. The van der Waals surface area contributed by atoms with E-state index in [1.165, 1.54) is 35.6 Å². The second kappa shape index (κ2) is 8.33. The quantitative estimate of drug-likeness (QED) is 0.364. The lowest BCUT2D eigenvalue weighted by molar-refractivity contribution is 0.0691. The number of pyridine rings is 2. The van der Waals surface area contributed by atoms with Gasteiger partial charge >= 0.3 is 5.97 Å². The van der Waals surface area contributed by atoms with Crippen LogP contribution in [0.2, 0.25) is 5.15 Å². The number of thiophene rings is 1. The van der Waals surface area contributed by atoms with Crippen LogP contribution in [0.3, 0.4) is 0 Å². The molecule has 1 unspecified atom stereocenters. The third kappa shape index (κ3) is 3.85. The minimum atomic E-state index is -1.22. The van der Waals surface area contributed by atoms with E-state index in [9.17, 15) is 19.1 Å². The van der Waals surface area contributed by atoms with Crippen LogP contribution in [0.1, 0.15) is 39.5 Å². The first-order valence-electron chi connectivity index (χ1n) is 9.52. The van der Waals surface area contributed by atoms with E-state index in [0.717, 1.165) is 11.1 Å². The first-order valence-corrected chi connectivity index (χ1v) is 10.7. The van der Waals surface area contributed by atoms with Crippen LogP contribution in [0.5, 0.6) is 0 Å². The molecule has 0 saturated heterocycles. The molecule has 2 N–H and O–H groups in total. The largest absolute Gasteiger partial charge is 0.476 e. The Hall–Kier alpha value is -3.30. The zero-order valence-corrected chi connectivity index (χ0v) is 18.8. The van der Waals surface area contributed by atoms with Crippen molar-refractivity contribution >= 4 is 44.9 Å². The summed E-state index contributed by atoms with van der Waals surface area (Å²) in [6.07, 6.45) is 1.06. The Morgan fingerprint density at radius 3 is 2.69 bits per heavy atom. The van der Waals surface area contributed by atoms with Gasteiger partial charge < -0.3 is 14.8 Å². The van der Waals surface area contributed by atoms with E-state index in [0.29, 0.717) is 27.1 Å². The van der Waals surface area contributed by atoms with Crippen molar-refractivity contribution in [3.05, 3.63) is 73.4 Å². The molecule has 4 aromatic heterocycles. The Morgan fingerprint density at radius 2 is 2.03 bits per heavy atom. The Kier molecular flexibility index (Phi) is 5.70. The summed E-state index contributed by atoms with van der Waals surface area (Å²) >= 11 is 7.14. The van der Waals surface area contributed by atoms with E-state index < -0.39 is 17.8 Å². The summed E-state index contributed by atoms with van der Waals surface area (Å²) < 4.78 is 19.9. The number of aromatic nitrogens is 2. The molecule has 0 bridgehead atoms. The van der Waals surface area contributed by atoms with E-state index in [1.54, 1.807) is 6.92 Å². The number of hydrogen-bond acceptors (Lipinski definition) is 7. The number of anilines is 1. The smallest absolute Gasteiger partial charge is 0.356 e. The second-order valence-corrected chi connectivity index (χ2v) is 8.79. The predicted octanol–water partition coefficient (Wildman–Crippen LogP) is 5.59. The van der Waals surface area contributed by atoms with Crippen LogP contribution in [0.15, 0.2) is 39.7 Å². The molecule has 4 heterocycles. The van der Waals surface area contributed by atoms with Gasteiger partial charge in [0.05, 0.1) is 17.9 Å². The number of carboxylic acids is 1. The maximum atomic E-state index is 13.3. The average Bonchev–Trinajstić information content (AvgIpc) is 3.08. The molecule has 0 aliphatic carbocycles. The third-order valence-corrected chi connectivity index (χ3v) is 6.32. The van der Waals surface area contributed by atoms with Crippen molar-refractivity contribution in [2.24, 2.45) is 0 Å². The van der Waals surface area contributed by atoms with Crippen LogP contribution in [0.25, 0.3) is 21.7 Å². The standard InChI is InChI=1S/C22H17ClFN3O4S/c1-9-18(28)21-20(31-19(9)14-5-4-12(24)8-25-14)16(11(3)32-21)10(2)26-13-6-7-15(23)27-17(13)22(29)30/h4-8,10,26H,1-3H3,(H,29,30). The van der Waals surface area contributed by atoms with Gasteiger partial charge in [0.25, 0.3) is 0 Å². The van der Waals surface area contributed by atoms with Crippen molar-refractivity contribution in [2.45, 2.75) is 26.8 Å². The van der Waals surface area contributed by atoms with E-state index in [1.807, 2.05) is 13.8 Å². The molecule has 1 atom stereocenters. The minimum Gasteiger partial charge on any atom is -0.476 e. The van der Waals surface area contributed by atoms with Gasteiger partial charge in [0, 0.05) is 16.0 Å². The molecule has 4 aromatic rings. The molecule has 164 valence electrons. The maximum absolute atomic E-state index is 13.3. The summed E-state index contributed by atoms with van der Waals surface area (Å²) in [5.74, 6) is -1.46. The number of aryl methyl sites for hydroxylation is 1. The van der Waals surface area contributed by atoms with Crippen molar-refractivity contribution in [3.63, 3.8) is 0 Å². The van der Waals surface area contributed by atoms with Crippen LogP contribution in [0, 0.1) is 19.7 Å².